The molecule has 0 N–H and O–H groups in total. The van der Waals surface area contributed by atoms with E-state index in [4.69, 9.17) is 25.5 Å². The molecule has 10 heteroatoms. The number of benzene rings is 3. The number of ether oxygens (including phenoxy) is 2. The normalized spacial score (nSPS) is 11.4. The summed E-state index contributed by atoms with van der Waals surface area (Å²) in [5.41, 5.74) is -1.02. The first-order valence-electron chi connectivity index (χ1n) is 9.65. The molecule has 5 nitrogen and oxygen atoms in total. The van der Waals surface area contributed by atoms with Gasteiger partial charge in [-0.1, -0.05) is 23.7 Å². The van der Waals surface area contributed by atoms with E-state index in [-0.39, 0.29) is 34.9 Å². The third-order valence-electron chi connectivity index (χ3n) is 4.66. The van der Waals surface area contributed by atoms with Crippen molar-refractivity contribution < 1.29 is 31.9 Å². The van der Waals surface area contributed by atoms with Gasteiger partial charge in [0, 0.05) is 16.7 Å². The molecule has 0 radical (unpaired) electrons. The second-order valence-electron chi connectivity index (χ2n) is 7.00. The summed E-state index contributed by atoms with van der Waals surface area (Å²) in [7, 11) is 0. The molecule has 34 heavy (non-hydrogen) atoms. The Morgan fingerprint density at radius 1 is 1.03 bits per heavy atom. The minimum absolute atomic E-state index is 0.0142. The van der Waals surface area contributed by atoms with Gasteiger partial charge in [0.1, 0.15) is 17.1 Å². The molecule has 4 rings (SSSR count). The van der Waals surface area contributed by atoms with E-state index >= 15 is 0 Å². The highest BCUT2D eigenvalue weighted by Crippen LogP contribution is 2.39. The molecule has 0 aliphatic carbocycles. The van der Waals surface area contributed by atoms with Crippen molar-refractivity contribution in [2.45, 2.75) is 6.18 Å². The number of alkyl halides is 3. The first-order chi connectivity index (χ1) is 16.1. The Hall–Kier alpha value is -3.30. The molecule has 0 aliphatic heterocycles. The van der Waals surface area contributed by atoms with Crippen LogP contribution in [0.4, 0.5) is 13.2 Å². The van der Waals surface area contributed by atoms with Gasteiger partial charge in [0.2, 0.25) is 11.2 Å². The number of fused-ring (bicyclic) bond motifs is 1. The predicted molar refractivity (Wildman–Crippen MR) is 123 cm³/mol. The van der Waals surface area contributed by atoms with Gasteiger partial charge < -0.3 is 13.9 Å². The molecule has 174 valence electrons. The van der Waals surface area contributed by atoms with Crippen LogP contribution in [0.3, 0.4) is 0 Å². The van der Waals surface area contributed by atoms with Crippen LogP contribution in [0, 0.1) is 0 Å². The van der Waals surface area contributed by atoms with Gasteiger partial charge in [-0.2, -0.15) is 13.2 Å². The van der Waals surface area contributed by atoms with Gasteiger partial charge in [-0.3, -0.25) is 9.59 Å². The molecule has 1 aromatic heterocycles. The van der Waals surface area contributed by atoms with Crippen molar-refractivity contribution in [3.8, 4) is 17.2 Å². The minimum Gasteiger partial charge on any atom is -0.485 e. The summed E-state index contributed by atoms with van der Waals surface area (Å²) in [6, 6.07) is 16.0. The zero-order valence-electron chi connectivity index (χ0n) is 17.0. The summed E-state index contributed by atoms with van der Waals surface area (Å²) in [5, 5.41) is 0.317. The van der Waals surface area contributed by atoms with E-state index in [0.717, 1.165) is 6.07 Å². The molecule has 0 bridgehead atoms. The zero-order valence-corrected chi connectivity index (χ0v) is 19.3. The summed E-state index contributed by atoms with van der Waals surface area (Å²) in [4.78, 5) is 25.2. The number of halogens is 5. The molecule has 0 atom stereocenters. The summed E-state index contributed by atoms with van der Waals surface area (Å²) in [6.45, 7) is -0.382. The molecule has 0 amide bonds. The predicted octanol–water partition coefficient (Wildman–Crippen LogP) is 7.28. The summed E-state index contributed by atoms with van der Waals surface area (Å²) >= 11 is 8.97. The lowest BCUT2D eigenvalue weighted by Crippen LogP contribution is -2.16. The highest BCUT2D eigenvalue weighted by Gasteiger charge is 2.40. The summed E-state index contributed by atoms with van der Waals surface area (Å²) in [5.74, 6) is -2.88. The fraction of sp³-hybridized carbons (Fsp3) is 0.0833. The Balaban J connectivity index is 1.67. The zero-order chi connectivity index (χ0) is 24.5. The van der Waals surface area contributed by atoms with Crippen molar-refractivity contribution in [2.75, 3.05) is 6.61 Å². The number of para-hydroxylation sites is 1. The number of rotatable bonds is 6. The van der Waals surface area contributed by atoms with Crippen molar-refractivity contribution in [1.82, 2.24) is 0 Å². The third kappa shape index (κ3) is 5.10. The molecule has 4 aromatic rings. The second kappa shape index (κ2) is 9.52. The molecule has 0 saturated heterocycles. The molecule has 1 heterocycles. The molecule has 0 saturated carbocycles. The quantitative estimate of drug-likeness (QED) is 0.235. The van der Waals surface area contributed by atoms with Gasteiger partial charge in [-0.25, -0.2) is 0 Å². The maximum atomic E-state index is 13.7. The summed E-state index contributed by atoms with van der Waals surface area (Å²) in [6.07, 6.45) is -5.01. The van der Waals surface area contributed by atoms with Crippen molar-refractivity contribution in [1.29, 1.82) is 0 Å². The second-order valence-corrected chi connectivity index (χ2v) is 8.29. The van der Waals surface area contributed by atoms with Gasteiger partial charge in [-0.15, -0.1) is 0 Å². The Labute approximate surface area is 203 Å². The Kier molecular flexibility index (Phi) is 6.67. The van der Waals surface area contributed by atoms with Crippen LogP contribution in [0.5, 0.6) is 17.2 Å². The van der Waals surface area contributed by atoms with Gasteiger partial charge in [0.05, 0.1) is 9.86 Å². The van der Waals surface area contributed by atoms with Crippen LogP contribution >= 0.6 is 27.5 Å². The number of carbonyl (C=O) groups excluding carboxylic acids is 1. The lowest BCUT2D eigenvalue weighted by molar-refractivity contribution is -0.154. The summed E-state index contributed by atoms with van der Waals surface area (Å²) < 4.78 is 57.3. The van der Waals surface area contributed by atoms with Crippen molar-refractivity contribution >= 4 is 44.3 Å². The number of carbonyl (C=O) groups is 1. The maximum absolute atomic E-state index is 13.7. The number of hydrogen-bond acceptors (Lipinski definition) is 5. The average Bonchev–Trinajstić information content (AvgIpc) is 2.80. The number of Topliss-reactive ketones (excluding diaryl/α,β-unsaturated/α-hetero) is 1. The van der Waals surface area contributed by atoms with E-state index in [1.165, 1.54) is 30.3 Å². The number of ketones is 1. The van der Waals surface area contributed by atoms with E-state index in [0.29, 0.717) is 15.1 Å². The largest absolute Gasteiger partial charge is 0.485 e. The molecular formula is C24H13BrClF3O5. The first-order valence-corrected chi connectivity index (χ1v) is 10.8. The van der Waals surface area contributed by atoms with Crippen LogP contribution in [-0.2, 0) is 6.18 Å². The molecule has 0 aliphatic rings. The maximum Gasteiger partial charge on any atom is 0.453 e. The van der Waals surface area contributed by atoms with E-state index in [1.54, 1.807) is 30.3 Å². The van der Waals surface area contributed by atoms with Crippen LogP contribution < -0.4 is 14.9 Å². The van der Waals surface area contributed by atoms with Gasteiger partial charge in [0.25, 0.3) is 5.76 Å². The topological polar surface area (TPSA) is 65.7 Å². The highest BCUT2D eigenvalue weighted by atomic mass is 79.9. The van der Waals surface area contributed by atoms with Crippen LogP contribution in [0.2, 0.25) is 5.02 Å². The molecule has 0 unspecified atom stereocenters. The molecule has 0 fully saturated rings. The van der Waals surface area contributed by atoms with Crippen LogP contribution in [0.15, 0.2) is 80.4 Å². The average molecular weight is 554 g/mol. The monoisotopic (exact) mass is 552 g/mol. The fourth-order valence-electron chi connectivity index (χ4n) is 3.03. The standard InChI is InChI=1S/C24H13BrClF3O5/c25-17-3-1-2-4-19(17)33-22-21(31)16-10-9-15(11-20(16)34-23(22)24(27,28)29)32-12-18(30)13-5-7-14(26)8-6-13/h1-11H,12H2. The van der Waals surface area contributed by atoms with Gasteiger partial charge >= 0.3 is 6.18 Å². The third-order valence-corrected chi connectivity index (χ3v) is 5.57. The lowest BCUT2D eigenvalue weighted by atomic mass is 10.1. The van der Waals surface area contributed by atoms with E-state index in [1.807, 2.05) is 0 Å². The molecule has 0 spiro atoms. The van der Waals surface area contributed by atoms with Crippen molar-refractivity contribution in [3.63, 3.8) is 0 Å². The van der Waals surface area contributed by atoms with Gasteiger partial charge in [-0.05, 0) is 64.5 Å². The van der Waals surface area contributed by atoms with Crippen LogP contribution in [0.1, 0.15) is 16.1 Å². The van der Waals surface area contributed by atoms with Crippen molar-refractivity contribution in [3.05, 3.63) is 97.8 Å². The Morgan fingerprint density at radius 3 is 2.41 bits per heavy atom. The lowest BCUT2D eigenvalue weighted by Gasteiger charge is -2.14. The Bertz CT molecular complexity index is 1430. The minimum atomic E-state index is -5.01. The van der Waals surface area contributed by atoms with E-state index in [2.05, 4.69) is 15.9 Å². The molecule has 3 aromatic carbocycles. The van der Waals surface area contributed by atoms with Crippen molar-refractivity contribution in [2.24, 2.45) is 0 Å². The first kappa shape index (κ1) is 23.8. The Morgan fingerprint density at radius 2 is 1.74 bits per heavy atom. The van der Waals surface area contributed by atoms with Crippen LogP contribution in [-0.4, -0.2) is 12.4 Å². The number of hydrogen-bond donors (Lipinski definition) is 0. The van der Waals surface area contributed by atoms with E-state index in [9.17, 15) is 22.8 Å². The smallest absolute Gasteiger partial charge is 0.453 e. The fourth-order valence-corrected chi connectivity index (χ4v) is 3.52. The highest BCUT2D eigenvalue weighted by molar-refractivity contribution is 9.10. The molecular weight excluding hydrogens is 541 g/mol. The van der Waals surface area contributed by atoms with Crippen LogP contribution in [0.25, 0.3) is 11.0 Å². The van der Waals surface area contributed by atoms with E-state index < -0.39 is 23.1 Å². The van der Waals surface area contributed by atoms with Gasteiger partial charge in [0.15, 0.2) is 12.4 Å². The SMILES string of the molecule is O=C(COc1ccc2c(=O)c(Oc3ccccc3Br)c(C(F)(F)F)oc2c1)c1ccc(Cl)cc1.